The normalized spacial score (nSPS) is 10.5. The van der Waals surface area contributed by atoms with Crippen LogP contribution in [0.3, 0.4) is 0 Å². The van der Waals surface area contributed by atoms with Gasteiger partial charge in [0, 0.05) is 29.7 Å². The fraction of sp³-hybridized carbons (Fsp3) is 0.0625. The molecule has 0 spiro atoms. The lowest BCUT2D eigenvalue weighted by Crippen LogP contribution is -1.96. The molecule has 0 atom stereocenters. The van der Waals surface area contributed by atoms with Crippen molar-refractivity contribution in [3.63, 3.8) is 0 Å². The quantitative estimate of drug-likeness (QED) is 0.751. The first-order valence-electron chi connectivity index (χ1n) is 6.46. The van der Waals surface area contributed by atoms with Gasteiger partial charge in [0.25, 0.3) is 0 Å². The minimum absolute atomic E-state index is 0.373. The molecule has 0 aliphatic rings. The molecule has 0 amide bonds. The highest BCUT2D eigenvalue weighted by molar-refractivity contribution is 6.16. The van der Waals surface area contributed by atoms with Crippen molar-refractivity contribution in [1.29, 1.82) is 0 Å². The Bertz CT molecular complexity index is 759. The Kier molecular flexibility index (Phi) is 3.79. The van der Waals surface area contributed by atoms with E-state index in [1.165, 1.54) is 0 Å². The Hall–Kier alpha value is -2.46. The van der Waals surface area contributed by atoms with Crippen molar-refractivity contribution in [1.82, 2.24) is 15.0 Å². The zero-order valence-corrected chi connectivity index (χ0v) is 12.0. The molecule has 104 valence electrons. The van der Waals surface area contributed by atoms with Crippen LogP contribution in [0.15, 0.2) is 55.0 Å². The summed E-state index contributed by atoms with van der Waals surface area (Å²) in [4.78, 5) is 12.8. The number of hydrogen-bond donors (Lipinski definition) is 1. The van der Waals surface area contributed by atoms with Gasteiger partial charge >= 0.3 is 0 Å². The molecule has 0 saturated heterocycles. The smallest absolute Gasteiger partial charge is 0.124 e. The molecule has 0 saturated carbocycles. The summed E-state index contributed by atoms with van der Waals surface area (Å²) >= 11 is 5.86. The molecule has 3 heterocycles. The van der Waals surface area contributed by atoms with Crippen LogP contribution in [-0.4, -0.2) is 15.0 Å². The largest absolute Gasteiger partial charge is 0.384 e. The molecule has 0 aromatic carbocycles. The highest BCUT2D eigenvalue weighted by atomic mass is 35.5. The topological polar surface area (TPSA) is 64.7 Å². The van der Waals surface area contributed by atoms with Crippen LogP contribution in [0.5, 0.6) is 0 Å². The summed E-state index contributed by atoms with van der Waals surface area (Å²) < 4.78 is 0. The Morgan fingerprint density at radius 3 is 2.71 bits per heavy atom. The van der Waals surface area contributed by atoms with Crippen molar-refractivity contribution in [3.8, 4) is 22.4 Å². The molecule has 0 radical (unpaired) electrons. The number of halogens is 1. The minimum Gasteiger partial charge on any atom is -0.384 e. The number of pyridine rings is 3. The molecule has 5 heteroatoms. The molecule has 0 bridgehead atoms. The summed E-state index contributed by atoms with van der Waals surface area (Å²) in [7, 11) is 0. The Morgan fingerprint density at radius 1 is 1.05 bits per heavy atom. The van der Waals surface area contributed by atoms with Gasteiger partial charge in [-0.1, -0.05) is 0 Å². The maximum absolute atomic E-state index is 5.86. The van der Waals surface area contributed by atoms with Gasteiger partial charge in [-0.15, -0.1) is 11.6 Å². The van der Waals surface area contributed by atoms with Crippen LogP contribution < -0.4 is 5.73 Å². The van der Waals surface area contributed by atoms with Crippen molar-refractivity contribution in [2.45, 2.75) is 5.88 Å². The van der Waals surface area contributed by atoms with Gasteiger partial charge in [-0.25, -0.2) is 4.98 Å². The monoisotopic (exact) mass is 296 g/mol. The van der Waals surface area contributed by atoms with E-state index in [0.29, 0.717) is 11.7 Å². The number of nitrogens with zero attached hydrogens (tertiary/aromatic N) is 3. The van der Waals surface area contributed by atoms with Crippen molar-refractivity contribution >= 4 is 17.4 Å². The van der Waals surface area contributed by atoms with Crippen molar-refractivity contribution in [3.05, 3.63) is 60.7 Å². The molecule has 3 aromatic rings. The highest BCUT2D eigenvalue weighted by Gasteiger charge is 2.10. The van der Waals surface area contributed by atoms with Gasteiger partial charge < -0.3 is 5.73 Å². The van der Waals surface area contributed by atoms with E-state index in [1.807, 2.05) is 30.3 Å². The predicted octanol–water partition coefficient (Wildman–Crippen LogP) is 3.53. The Balaban J connectivity index is 2.18. The fourth-order valence-corrected chi connectivity index (χ4v) is 2.30. The van der Waals surface area contributed by atoms with E-state index in [2.05, 4.69) is 15.0 Å². The standard InChI is InChI=1S/C16H13ClN4/c17-9-13-8-11(5-7-20-13)14-3-4-15(18)21-16(14)12-2-1-6-19-10-12/h1-8,10H,9H2,(H2,18,21). The van der Waals surface area contributed by atoms with E-state index in [9.17, 15) is 0 Å². The Labute approximate surface area is 127 Å². The van der Waals surface area contributed by atoms with E-state index in [4.69, 9.17) is 17.3 Å². The zero-order valence-electron chi connectivity index (χ0n) is 11.2. The summed E-state index contributed by atoms with van der Waals surface area (Å²) in [6, 6.07) is 11.5. The average molecular weight is 297 g/mol. The first kappa shape index (κ1) is 13.5. The van der Waals surface area contributed by atoms with Crippen LogP contribution >= 0.6 is 11.6 Å². The van der Waals surface area contributed by atoms with Crippen molar-refractivity contribution in [2.75, 3.05) is 5.73 Å². The number of rotatable bonds is 3. The van der Waals surface area contributed by atoms with Crippen molar-refractivity contribution in [2.24, 2.45) is 0 Å². The average Bonchev–Trinajstić information content (AvgIpc) is 2.55. The van der Waals surface area contributed by atoms with Crippen LogP contribution in [0, 0.1) is 0 Å². The second kappa shape index (κ2) is 5.89. The molecule has 0 aliphatic heterocycles. The van der Waals surface area contributed by atoms with Crippen LogP contribution in [0.2, 0.25) is 0 Å². The first-order chi connectivity index (χ1) is 10.3. The molecule has 21 heavy (non-hydrogen) atoms. The minimum atomic E-state index is 0.373. The zero-order chi connectivity index (χ0) is 14.7. The molecular weight excluding hydrogens is 284 g/mol. The summed E-state index contributed by atoms with van der Waals surface area (Å²) in [5.74, 6) is 0.850. The van der Waals surface area contributed by atoms with Gasteiger partial charge in [0.1, 0.15) is 5.82 Å². The fourth-order valence-electron chi connectivity index (χ4n) is 2.15. The van der Waals surface area contributed by atoms with E-state index >= 15 is 0 Å². The lowest BCUT2D eigenvalue weighted by molar-refractivity contribution is 1.17. The molecule has 4 nitrogen and oxygen atoms in total. The lowest BCUT2D eigenvalue weighted by Gasteiger charge is -2.10. The van der Waals surface area contributed by atoms with Crippen LogP contribution in [0.1, 0.15) is 5.69 Å². The number of anilines is 1. The molecule has 0 fully saturated rings. The van der Waals surface area contributed by atoms with Crippen LogP contribution in [-0.2, 0) is 5.88 Å². The summed E-state index contributed by atoms with van der Waals surface area (Å²) in [5, 5.41) is 0. The van der Waals surface area contributed by atoms with E-state index in [-0.39, 0.29) is 0 Å². The van der Waals surface area contributed by atoms with Gasteiger partial charge in [-0.3, -0.25) is 9.97 Å². The summed E-state index contributed by atoms with van der Waals surface area (Å²) in [5.41, 5.74) is 10.4. The second-order valence-corrected chi connectivity index (χ2v) is 4.81. The third-order valence-electron chi connectivity index (χ3n) is 3.12. The summed E-state index contributed by atoms with van der Waals surface area (Å²) in [6.45, 7) is 0. The number of nitrogen functional groups attached to an aromatic ring is 1. The van der Waals surface area contributed by atoms with E-state index in [1.54, 1.807) is 24.7 Å². The highest BCUT2D eigenvalue weighted by Crippen LogP contribution is 2.31. The van der Waals surface area contributed by atoms with Gasteiger partial charge in [0.2, 0.25) is 0 Å². The molecular formula is C16H13ClN4. The van der Waals surface area contributed by atoms with E-state index in [0.717, 1.165) is 28.1 Å². The maximum Gasteiger partial charge on any atom is 0.124 e. The number of hydrogen-bond acceptors (Lipinski definition) is 4. The molecule has 0 aliphatic carbocycles. The molecule has 0 unspecified atom stereocenters. The molecule has 2 N–H and O–H groups in total. The third kappa shape index (κ3) is 2.85. The SMILES string of the molecule is Nc1ccc(-c2ccnc(CCl)c2)c(-c2cccnc2)n1. The summed E-state index contributed by atoms with van der Waals surface area (Å²) in [6.07, 6.45) is 5.25. The van der Waals surface area contributed by atoms with Crippen LogP contribution in [0.4, 0.5) is 5.82 Å². The number of nitrogens with two attached hydrogens (primary N) is 1. The molecule has 3 aromatic heterocycles. The van der Waals surface area contributed by atoms with Gasteiger partial charge in [0.05, 0.1) is 17.3 Å². The van der Waals surface area contributed by atoms with E-state index < -0.39 is 0 Å². The number of aromatic nitrogens is 3. The van der Waals surface area contributed by atoms with Crippen molar-refractivity contribution < 1.29 is 0 Å². The second-order valence-electron chi connectivity index (χ2n) is 4.54. The maximum atomic E-state index is 5.86. The predicted molar refractivity (Wildman–Crippen MR) is 84.7 cm³/mol. The lowest BCUT2D eigenvalue weighted by atomic mass is 10.0. The number of alkyl halides is 1. The van der Waals surface area contributed by atoms with Gasteiger partial charge in [-0.05, 0) is 42.0 Å². The van der Waals surface area contributed by atoms with Gasteiger partial charge in [-0.2, -0.15) is 0 Å². The van der Waals surface area contributed by atoms with Crippen LogP contribution in [0.25, 0.3) is 22.4 Å². The molecule has 3 rings (SSSR count). The Morgan fingerprint density at radius 2 is 1.95 bits per heavy atom. The third-order valence-corrected chi connectivity index (χ3v) is 3.39. The van der Waals surface area contributed by atoms with Gasteiger partial charge in [0.15, 0.2) is 0 Å². The first-order valence-corrected chi connectivity index (χ1v) is 6.99.